The van der Waals surface area contributed by atoms with Gasteiger partial charge in [0.15, 0.2) is 0 Å². The van der Waals surface area contributed by atoms with Gasteiger partial charge in [0.25, 0.3) is 5.91 Å². The van der Waals surface area contributed by atoms with Crippen LogP contribution >= 0.6 is 0 Å². The Kier molecular flexibility index (Phi) is 7.55. The highest BCUT2D eigenvalue weighted by molar-refractivity contribution is 5.94. The maximum absolute atomic E-state index is 11.8. The fraction of sp³-hybridized carbons (Fsp3) is 0.286. The van der Waals surface area contributed by atoms with E-state index in [0.717, 1.165) is 5.56 Å². The predicted molar refractivity (Wildman–Crippen MR) is 104 cm³/mol. The first-order chi connectivity index (χ1) is 12.6. The molecule has 2 amide bonds. The fourth-order valence-electron chi connectivity index (χ4n) is 2.34. The summed E-state index contributed by atoms with van der Waals surface area (Å²) in [4.78, 5) is 23.6. The second kappa shape index (κ2) is 10.1. The van der Waals surface area contributed by atoms with Crippen LogP contribution in [0.2, 0.25) is 0 Å². The number of hydrogen-bond acceptors (Lipinski definition) is 3. The molecule has 0 heterocycles. The summed E-state index contributed by atoms with van der Waals surface area (Å²) in [6.07, 6.45) is 2.49. The lowest BCUT2D eigenvalue weighted by Gasteiger charge is -2.05. The van der Waals surface area contributed by atoms with Crippen LogP contribution in [0.5, 0.6) is 0 Å². The first kappa shape index (κ1) is 19.4. The average Bonchev–Trinajstić information content (AvgIpc) is 2.66. The Balaban J connectivity index is 1.65. The van der Waals surface area contributed by atoms with Gasteiger partial charge in [-0.05, 0) is 35.6 Å². The summed E-state index contributed by atoms with van der Waals surface area (Å²) < 4.78 is 0. The molecular formula is C21H25N3O2. The van der Waals surface area contributed by atoms with Crippen LogP contribution in [0.3, 0.4) is 0 Å². The van der Waals surface area contributed by atoms with Crippen molar-refractivity contribution in [1.82, 2.24) is 10.7 Å². The minimum absolute atomic E-state index is 0.131. The number of nitrogens with one attached hydrogen (secondary N) is 2. The Labute approximate surface area is 154 Å². The monoisotopic (exact) mass is 351 g/mol. The summed E-state index contributed by atoms with van der Waals surface area (Å²) in [6, 6.07) is 17.1. The molecule has 0 aliphatic carbocycles. The van der Waals surface area contributed by atoms with E-state index in [1.54, 1.807) is 18.3 Å². The maximum atomic E-state index is 11.8. The van der Waals surface area contributed by atoms with Crippen molar-refractivity contribution >= 4 is 18.0 Å². The quantitative estimate of drug-likeness (QED) is 0.434. The van der Waals surface area contributed by atoms with Crippen LogP contribution in [-0.2, 0) is 4.79 Å². The topological polar surface area (TPSA) is 70.6 Å². The number of rotatable bonds is 8. The Morgan fingerprint density at radius 1 is 1.04 bits per heavy atom. The third-order valence-corrected chi connectivity index (χ3v) is 3.91. The summed E-state index contributed by atoms with van der Waals surface area (Å²) in [5.74, 6) is 0.186. The highest BCUT2D eigenvalue weighted by atomic mass is 16.2. The molecule has 0 bridgehead atoms. The highest BCUT2D eigenvalue weighted by Crippen LogP contribution is 2.13. The van der Waals surface area contributed by atoms with E-state index in [9.17, 15) is 9.59 Å². The van der Waals surface area contributed by atoms with Crippen molar-refractivity contribution in [2.45, 2.75) is 32.6 Å². The average molecular weight is 351 g/mol. The Morgan fingerprint density at radius 2 is 1.73 bits per heavy atom. The van der Waals surface area contributed by atoms with Crippen molar-refractivity contribution in [1.29, 1.82) is 0 Å². The highest BCUT2D eigenvalue weighted by Gasteiger charge is 2.04. The molecule has 136 valence electrons. The molecule has 0 aliphatic heterocycles. The van der Waals surface area contributed by atoms with E-state index in [1.807, 2.05) is 30.3 Å². The largest absolute Gasteiger partial charge is 0.352 e. The molecule has 0 unspecified atom stereocenters. The standard InChI is InChI=1S/C21H25N3O2/c1-16(2)18-12-10-17(11-13-18)15-23-24-20(25)9-6-14-22-21(26)19-7-4-3-5-8-19/h3-5,7-8,10-13,15-16H,6,9,14H2,1-2H3,(H,22,26)(H,24,25). The van der Waals surface area contributed by atoms with Gasteiger partial charge in [-0.1, -0.05) is 56.3 Å². The number of carbonyl (C=O) groups is 2. The number of nitrogens with zero attached hydrogens (tertiary/aromatic N) is 1. The fourth-order valence-corrected chi connectivity index (χ4v) is 2.34. The zero-order valence-electron chi connectivity index (χ0n) is 15.2. The molecule has 0 aliphatic rings. The van der Waals surface area contributed by atoms with Crippen LogP contribution in [0.15, 0.2) is 59.7 Å². The van der Waals surface area contributed by atoms with Crippen LogP contribution in [0, 0.1) is 0 Å². The van der Waals surface area contributed by atoms with E-state index in [1.165, 1.54) is 5.56 Å². The maximum Gasteiger partial charge on any atom is 0.251 e. The van der Waals surface area contributed by atoms with Crippen LogP contribution in [0.1, 0.15) is 54.1 Å². The third-order valence-electron chi connectivity index (χ3n) is 3.91. The zero-order chi connectivity index (χ0) is 18.8. The van der Waals surface area contributed by atoms with Gasteiger partial charge in [-0.15, -0.1) is 0 Å². The molecule has 0 radical (unpaired) electrons. The van der Waals surface area contributed by atoms with E-state index in [4.69, 9.17) is 0 Å². The minimum atomic E-state index is -0.172. The van der Waals surface area contributed by atoms with Crippen molar-refractivity contribution in [3.05, 3.63) is 71.3 Å². The molecule has 2 rings (SSSR count). The van der Waals surface area contributed by atoms with Crippen LogP contribution < -0.4 is 10.7 Å². The number of carbonyl (C=O) groups excluding carboxylic acids is 2. The minimum Gasteiger partial charge on any atom is -0.352 e. The SMILES string of the molecule is CC(C)c1ccc(C=NNC(=O)CCCNC(=O)c2ccccc2)cc1. The van der Waals surface area contributed by atoms with E-state index in [2.05, 4.69) is 41.8 Å². The van der Waals surface area contributed by atoms with Crippen molar-refractivity contribution in [2.75, 3.05) is 6.54 Å². The molecule has 2 aromatic carbocycles. The van der Waals surface area contributed by atoms with Crippen molar-refractivity contribution < 1.29 is 9.59 Å². The van der Waals surface area contributed by atoms with Gasteiger partial charge in [0, 0.05) is 18.5 Å². The Hall–Kier alpha value is -2.95. The predicted octanol–water partition coefficient (Wildman–Crippen LogP) is 3.47. The lowest BCUT2D eigenvalue weighted by atomic mass is 10.0. The number of hydrogen-bond donors (Lipinski definition) is 2. The van der Waals surface area contributed by atoms with Crippen molar-refractivity contribution in [3.8, 4) is 0 Å². The molecule has 2 N–H and O–H groups in total. The van der Waals surface area contributed by atoms with Gasteiger partial charge in [0.05, 0.1) is 6.21 Å². The second-order valence-corrected chi connectivity index (χ2v) is 6.34. The number of benzene rings is 2. The molecule has 0 saturated heterocycles. The molecule has 0 fully saturated rings. The lowest BCUT2D eigenvalue weighted by Crippen LogP contribution is -2.26. The number of amides is 2. The summed E-state index contributed by atoms with van der Waals surface area (Å²) in [7, 11) is 0. The second-order valence-electron chi connectivity index (χ2n) is 6.34. The van der Waals surface area contributed by atoms with Gasteiger partial charge in [0.2, 0.25) is 5.91 Å². The normalized spacial score (nSPS) is 10.9. The van der Waals surface area contributed by atoms with Crippen LogP contribution in [-0.4, -0.2) is 24.6 Å². The summed E-state index contributed by atoms with van der Waals surface area (Å²) in [6.45, 7) is 4.73. The van der Waals surface area contributed by atoms with Gasteiger partial charge in [-0.3, -0.25) is 9.59 Å². The van der Waals surface area contributed by atoms with Crippen LogP contribution in [0.25, 0.3) is 0 Å². The van der Waals surface area contributed by atoms with Crippen molar-refractivity contribution in [2.24, 2.45) is 5.10 Å². The number of hydrazone groups is 1. The lowest BCUT2D eigenvalue weighted by molar-refractivity contribution is -0.121. The summed E-state index contributed by atoms with van der Waals surface area (Å²) in [5.41, 5.74) is 5.32. The molecule has 5 heteroatoms. The Bertz CT molecular complexity index is 738. The molecular weight excluding hydrogens is 326 g/mol. The van der Waals surface area contributed by atoms with Gasteiger partial charge < -0.3 is 5.32 Å². The van der Waals surface area contributed by atoms with E-state index in [-0.39, 0.29) is 11.8 Å². The third kappa shape index (κ3) is 6.51. The summed E-state index contributed by atoms with van der Waals surface area (Å²) >= 11 is 0. The Morgan fingerprint density at radius 3 is 2.38 bits per heavy atom. The molecule has 0 spiro atoms. The van der Waals surface area contributed by atoms with E-state index < -0.39 is 0 Å². The molecule has 2 aromatic rings. The summed E-state index contributed by atoms with van der Waals surface area (Å²) in [5, 5.41) is 6.76. The van der Waals surface area contributed by atoms with Crippen LogP contribution in [0.4, 0.5) is 0 Å². The van der Waals surface area contributed by atoms with Gasteiger partial charge in [-0.25, -0.2) is 5.43 Å². The smallest absolute Gasteiger partial charge is 0.251 e. The molecule has 0 saturated carbocycles. The zero-order valence-corrected chi connectivity index (χ0v) is 15.2. The first-order valence-corrected chi connectivity index (χ1v) is 8.81. The van der Waals surface area contributed by atoms with Gasteiger partial charge >= 0.3 is 0 Å². The van der Waals surface area contributed by atoms with Gasteiger partial charge in [-0.2, -0.15) is 5.10 Å². The molecule has 26 heavy (non-hydrogen) atoms. The molecule has 0 atom stereocenters. The molecule has 0 aromatic heterocycles. The van der Waals surface area contributed by atoms with E-state index in [0.29, 0.717) is 30.9 Å². The van der Waals surface area contributed by atoms with Crippen molar-refractivity contribution in [3.63, 3.8) is 0 Å². The molecule has 5 nitrogen and oxygen atoms in total. The first-order valence-electron chi connectivity index (χ1n) is 8.81. The van der Waals surface area contributed by atoms with Gasteiger partial charge in [0.1, 0.15) is 0 Å². The van der Waals surface area contributed by atoms with E-state index >= 15 is 0 Å².